The molecule has 1 unspecified atom stereocenters. The predicted octanol–water partition coefficient (Wildman–Crippen LogP) is 7.98. The van der Waals surface area contributed by atoms with Crippen LogP contribution in [0.3, 0.4) is 0 Å². The molecule has 3 aromatic carbocycles. The second kappa shape index (κ2) is 11.4. The molecule has 0 radical (unpaired) electrons. The molecule has 2 nitrogen and oxygen atoms in total. The summed E-state index contributed by atoms with van der Waals surface area (Å²) in [5.74, 6) is 1.20. The number of rotatable bonds is 7. The summed E-state index contributed by atoms with van der Waals surface area (Å²) in [5, 5.41) is 4.89. The second-order valence-corrected chi connectivity index (χ2v) is 10.2. The third kappa shape index (κ3) is 5.49. The fourth-order valence-electron chi connectivity index (χ4n) is 5.12. The fourth-order valence-corrected chi connectivity index (χ4v) is 6.15. The van der Waals surface area contributed by atoms with E-state index in [1.54, 1.807) is 0 Å². The molecule has 1 aliphatic rings. The van der Waals surface area contributed by atoms with E-state index in [1.807, 2.05) is 11.3 Å². The molecule has 4 aromatic rings. The van der Waals surface area contributed by atoms with E-state index < -0.39 is 0 Å². The van der Waals surface area contributed by atoms with Crippen LogP contribution in [-0.4, -0.2) is 31.1 Å². The number of likely N-dealkylation sites (tertiary alicyclic amines) is 1. The fraction of sp³-hybridized carbons (Fsp3) is 0.333. The number of piperidine rings is 1. The molecular weight excluding hydrogens is 458 g/mol. The molecule has 0 bridgehead atoms. The van der Waals surface area contributed by atoms with E-state index in [0.717, 1.165) is 18.9 Å². The largest absolute Gasteiger partial charge is 0.492 e. The average Bonchev–Trinajstić information content (AvgIpc) is 3.27. The first-order valence-corrected chi connectivity index (χ1v) is 13.1. The Bertz CT molecular complexity index is 1220. The van der Waals surface area contributed by atoms with Crippen LogP contribution in [-0.2, 0) is 0 Å². The highest BCUT2D eigenvalue weighted by molar-refractivity contribution is 7.10. The first-order chi connectivity index (χ1) is 16.2. The molecule has 5 rings (SSSR count). The topological polar surface area (TPSA) is 12.5 Å². The third-order valence-corrected chi connectivity index (χ3v) is 7.96. The lowest BCUT2D eigenvalue weighted by Crippen LogP contribution is -2.33. The highest BCUT2D eigenvalue weighted by Gasteiger charge is 2.22. The van der Waals surface area contributed by atoms with Crippen LogP contribution in [0.4, 0.5) is 0 Å². The lowest BCUT2D eigenvalue weighted by Gasteiger charge is -2.26. The number of thiophene rings is 1. The van der Waals surface area contributed by atoms with E-state index in [9.17, 15) is 0 Å². The molecule has 1 saturated heterocycles. The van der Waals surface area contributed by atoms with Gasteiger partial charge in [-0.05, 0) is 96.4 Å². The minimum Gasteiger partial charge on any atom is -0.492 e. The van der Waals surface area contributed by atoms with Crippen LogP contribution in [0.2, 0.25) is 0 Å². The summed E-state index contributed by atoms with van der Waals surface area (Å²) in [7, 11) is 0. The highest BCUT2D eigenvalue weighted by atomic mass is 35.5. The quantitative estimate of drug-likeness (QED) is 0.260. The Labute approximate surface area is 214 Å². The molecule has 1 fully saturated rings. The van der Waals surface area contributed by atoms with Crippen molar-refractivity contribution < 1.29 is 4.74 Å². The molecular formula is C30H34ClNOS. The molecule has 178 valence electrons. The van der Waals surface area contributed by atoms with Crippen LogP contribution < -0.4 is 4.74 Å². The van der Waals surface area contributed by atoms with Crippen LogP contribution in [0, 0.1) is 13.8 Å². The Morgan fingerprint density at radius 1 is 0.882 bits per heavy atom. The van der Waals surface area contributed by atoms with Gasteiger partial charge in [0.1, 0.15) is 12.4 Å². The van der Waals surface area contributed by atoms with Crippen LogP contribution in [0.1, 0.15) is 52.3 Å². The molecule has 0 N–H and O–H groups in total. The summed E-state index contributed by atoms with van der Waals surface area (Å²) in [4.78, 5) is 3.92. The number of nitrogens with zero attached hydrogens (tertiary/aromatic N) is 1. The van der Waals surface area contributed by atoms with Crippen LogP contribution in [0.25, 0.3) is 10.8 Å². The molecule has 34 heavy (non-hydrogen) atoms. The number of hydrogen-bond donors (Lipinski definition) is 0. The van der Waals surface area contributed by atoms with Gasteiger partial charge in [-0.1, -0.05) is 55.0 Å². The SMILES string of the molecule is Cc1csc(C(c2ccc(OCCN3CCCCC3)cc2C)c2cccc3ccccc23)c1.Cl. The number of benzene rings is 3. The molecule has 0 saturated carbocycles. The maximum Gasteiger partial charge on any atom is 0.119 e. The van der Waals surface area contributed by atoms with Gasteiger partial charge in [-0.2, -0.15) is 0 Å². The van der Waals surface area contributed by atoms with Crippen LogP contribution in [0.15, 0.2) is 72.1 Å². The van der Waals surface area contributed by atoms with E-state index >= 15 is 0 Å². The molecule has 2 heterocycles. The second-order valence-electron chi connectivity index (χ2n) is 9.30. The van der Waals surface area contributed by atoms with Gasteiger partial charge in [0.25, 0.3) is 0 Å². The zero-order valence-electron chi connectivity index (χ0n) is 20.1. The smallest absolute Gasteiger partial charge is 0.119 e. The van der Waals surface area contributed by atoms with Gasteiger partial charge in [0, 0.05) is 17.3 Å². The van der Waals surface area contributed by atoms with Gasteiger partial charge in [0.2, 0.25) is 0 Å². The Morgan fingerprint density at radius 2 is 1.68 bits per heavy atom. The number of aryl methyl sites for hydroxylation is 2. The van der Waals surface area contributed by atoms with Crippen LogP contribution >= 0.6 is 23.7 Å². The summed E-state index contributed by atoms with van der Waals surface area (Å²) in [6.45, 7) is 8.63. The van der Waals surface area contributed by atoms with Gasteiger partial charge in [-0.15, -0.1) is 23.7 Å². The zero-order chi connectivity index (χ0) is 22.6. The minimum absolute atomic E-state index is 0. The van der Waals surface area contributed by atoms with Crippen molar-refractivity contribution in [1.82, 2.24) is 4.90 Å². The number of halogens is 1. The lowest BCUT2D eigenvalue weighted by molar-refractivity contribution is 0.183. The summed E-state index contributed by atoms with van der Waals surface area (Å²) in [6, 6.07) is 24.5. The van der Waals surface area contributed by atoms with Crippen molar-refractivity contribution in [1.29, 1.82) is 0 Å². The average molecular weight is 492 g/mol. The normalized spacial score (nSPS) is 15.1. The van der Waals surface area contributed by atoms with E-state index in [4.69, 9.17) is 4.74 Å². The lowest BCUT2D eigenvalue weighted by atomic mass is 9.84. The molecule has 0 aliphatic carbocycles. The summed E-state index contributed by atoms with van der Waals surface area (Å²) < 4.78 is 6.17. The van der Waals surface area contributed by atoms with Crippen molar-refractivity contribution in [3.05, 3.63) is 99.2 Å². The maximum absolute atomic E-state index is 6.17. The zero-order valence-corrected chi connectivity index (χ0v) is 21.8. The predicted molar refractivity (Wildman–Crippen MR) is 148 cm³/mol. The highest BCUT2D eigenvalue weighted by Crippen LogP contribution is 2.40. The van der Waals surface area contributed by atoms with E-state index in [-0.39, 0.29) is 18.3 Å². The van der Waals surface area contributed by atoms with E-state index in [2.05, 4.69) is 90.9 Å². The Morgan fingerprint density at radius 3 is 2.44 bits per heavy atom. The molecule has 1 aromatic heterocycles. The first-order valence-electron chi connectivity index (χ1n) is 12.2. The van der Waals surface area contributed by atoms with Crippen molar-refractivity contribution in [2.75, 3.05) is 26.2 Å². The Balaban J connectivity index is 0.00000274. The first kappa shape index (κ1) is 24.8. The number of ether oxygens (including phenoxy) is 1. The van der Waals surface area contributed by atoms with Crippen molar-refractivity contribution in [2.24, 2.45) is 0 Å². The molecule has 1 aliphatic heterocycles. The molecule has 0 amide bonds. The van der Waals surface area contributed by atoms with Crippen molar-refractivity contribution >= 4 is 34.5 Å². The van der Waals surface area contributed by atoms with Gasteiger partial charge in [0.05, 0.1) is 0 Å². The summed E-state index contributed by atoms with van der Waals surface area (Å²) in [6.07, 6.45) is 4.02. The molecule has 0 spiro atoms. The van der Waals surface area contributed by atoms with Crippen molar-refractivity contribution in [3.8, 4) is 5.75 Å². The molecule has 1 atom stereocenters. The van der Waals surface area contributed by atoms with Crippen molar-refractivity contribution in [3.63, 3.8) is 0 Å². The van der Waals surface area contributed by atoms with Gasteiger partial charge in [-0.25, -0.2) is 0 Å². The van der Waals surface area contributed by atoms with Crippen molar-refractivity contribution in [2.45, 2.75) is 39.0 Å². The minimum atomic E-state index is 0. The van der Waals surface area contributed by atoms with Gasteiger partial charge < -0.3 is 4.74 Å². The maximum atomic E-state index is 6.17. The van der Waals surface area contributed by atoms with E-state index in [0.29, 0.717) is 0 Å². The number of fused-ring (bicyclic) bond motifs is 1. The standard InChI is InChI=1S/C30H33NOS.ClH/c1-22-19-29(33-21-22)30(28-12-8-10-24-9-4-5-11-27(24)28)26-14-13-25(20-23(26)2)32-18-17-31-15-6-3-7-16-31;/h4-5,8-14,19-21,30H,3,6-7,15-18H2,1-2H3;1H. The van der Waals surface area contributed by atoms with Gasteiger partial charge in [0.15, 0.2) is 0 Å². The number of hydrogen-bond acceptors (Lipinski definition) is 3. The third-order valence-electron chi connectivity index (χ3n) is 6.85. The van der Waals surface area contributed by atoms with Gasteiger partial charge >= 0.3 is 0 Å². The summed E-state index contributed by atoms with van der Waals surface area (Å²) in [5.41, 5.74) is 5.35. The summed E-state index contributed by atoms with van der Waals surface area (Å²) >= 11 is 1.86. The molecule has 4 heteroatoms. The monoisotopic (exact) mass is 491 g/mol. The Kier molecular flexibility index (Phi) is 8.31. The Hall–Kier alpha value is -2.33. The van der Waals surface area contributed by atoms with Gasteiger partial charge in [-0.3, -0.25) is 4.90 Å². The van der Waals surface area contributed by atoms with E-state index in [1.165, 1.54) is 70.3 Å². The van der Waals surface area contributed by atoms with Crippen LogP contribution in [0.5, 0.6) is 5.75 Å².